The number of aromatic nitrogens is 1. The maximum Gasteiger partial charge on any atom is 0.325 e. The monoisotopic (exact) mass is 405 g/mol. The van der Waals surface area contributed by atoms with Crippen LogP contribution in [0.3, 0.4) is 0 Å². The second kappa shape index (κ2) is 6.56. The normalized spacial score (nSPS) is 21.0. The first kappa shape index (κ1) is 18.1. The third-order valence-corrected chi connectivity index (χ3v) is 6.61. The number of nitrogens with one attached hydrogen (secondary N) is 1. The van der Waals surface area contributed by atoms with E-state index in [1.165, 1.54) is 4.90 Å². The van der Waals surface area contributed by atoms with Gasteiger partial charge in [0.2, 0.25) is 0 Å². The summed E-state index contributed by atoms with van der Waals surface area (Å²) >= 11 is 6.57. The predicted molar refractivity (Wildman–Crippen MR) is 112 cm³/mol. The van der Waals surface area contributed by atoms with E-state index in [1.54, 1.807) is 0 Å². The summed E-state index contributed by atoms with van der Waals surface area (Å²) < 4.78 is 0. The van der Waals surface area contributed by atoms with E-state index in [9.17, 15) is 9.59 Å². The Morgan fingerprint density at radius 3 is 2.76 bits per heavy atom. The summed E-state index contributed by atoms with van der Waals surface area (Å²) in [6.07, 6.45) is 2.37. The van der Waals surface area contributed by atoms with Gasteiger partial charge in [-0.25, -0.2) is 9.78 Å². The molecular weight excluding hydrogens is 386 g/mol. The highest BCUT2D eigenvalue weighted by molar-refractivity contribution is 6.32. The van der Waals surface area contributed by atoms with Crippen LogP contribution in [-0.2, 0) is 23.3 Å². The van der Waals surface area contributed by atoms with Crippen LogP contribution in [0.4, 0.5) is 4.79 Å². The molecule has 1 aliphatic heterocycles. The number of benzene rings is 2. The number of imide groups is 1. The van der Waals surface area contributed by atoms with E-state index in [1.807, 2.05) is 55.5 Å². The van der Waals surface area contributed by atoms with Gasteiger partial charge in [-0.15, -0.1) is 0 Å². The minimum Gasteiger partial charge on any atom is -0.319 e. The number of carbonyl (C=O) groups is 2. The number of fused-ring (bicyclic) bond motifs is 3. The lowest BCUT2D eigenvalue weighted by atomic mass is 9.76. The van der Waals surface area contributed by atoms with Crippen molar-refractivity contribution in [3.8, 4) is 0 Å². The van der Waals surface area contributed by atoms with E-state index in [2.05, 4.69) is 10.3 Å². The Morgan fingerprint density at radius 1 is 1.14 bits per heavy atom. The molecule has 1 atom stereocenters. The molecule has 0 saturated carbocycles. The van der Waals surface area contributed by atoms with Gasteiger partial charge in [-0.2, -0.15) is 0 Å². The lowest BCUT2D eigenvalue weighted by molar-refractivity contribution is -0.132. The first-order chi connectivity index (χ1) is 14.0. The molecule has 5 nitrogen and oxygen atoms in total. The third-order valence-electron chi connectivity index (χ3n) is 6.10. The number of para-hydroxylation sites is 1. The zero-order chi connectivity index (χ0) is 20.2. The Morgan fingerprint density at radius 2 is 1.90 bits per heavy atom. The number of nitrogens with zero attached hydrogens (tertiary/aromatic N) is 2. The van der Waals surface area contributed by atoms with Gasteiger partial charge in [0.25, 0.3) is 5.91 Å². The molecule has 6 heteroatoms. The fourth-order valence-corrected chi connectivity index (χ4v) is 4.83. The Labute approximate surface area is 173 Å². The van der Waals surface area contributed by atoms with E-state index in [0.717, 1.165) is 40.4 Å². The molecule has 3 aromatic rings. The van der Waals surface area contributed by atoms with Crippen molar-refractivity contribution in [2.24, 2.45) is 0 Å². The molecule has 1 aliphatic carbocycles. The van der Waals surface area contributed by atoms with Crippen molar-refractivity contribution in [3.63, 3.8) is 0 Å². The van der Waals surface area contributed by atoms with Crippen LogP contribution < -0.4 is 5.32 Å². The lowest BCUT2D eigenvalue weighted by Crippen LogP contribution is -2.46. The maximum absolute atomic E-state index is 13.5. The number of hydrogen-bond donors (Lipinski definition) is 1. The molecule has 1 N–H and O–H groups in total. The van der Waals surface area contributed by atoms with Crippen LogP contribution in [-0.4, -0.2) is 21.8 Å². The predicted octanol–water partition coefficient (Wildman–Crippen LogP) is 4.48. The number of amides is 3. The average molecular weight is 406 g/mol. The third kappa shape index (κ3) is 2.64. The van der Waals surface area contributed by atoms with Crippen LogP contribution in [0.1, 0.15) is 35.2 Å². The van der Waals surface area contributed by atoms with Gasteiger partial charge in [-0.1, -0.05) is 54.1 Å². The van der Waals surface area contributed by atoms with E-state index in [0.29, 0.717) is 17.1 Å². The number of halogens is 1. The van der Waals surface area contributed by atoms with Crippen LogP contribution in [0.5, 0.6) is 0 Å². The van der Waals surface area contributed by atoms with E-state index in [-0.39, 0.29) is 12.5 Å². The van der Waals surface area contributed by atoms with Crippen molar-refractivity contribution in [2.45, 2.75) is 38.3 Å². The fourth-order valence-electron chi connectivity index (χ4n) is 4.63. The fraction of sp³-hybridized carbons (Fsp3) is 0.261. The molecule has 0 radical (unpaired) electrons. The van der Waals surface area contributed by atoms with Gasteiger partial charge in [0.15, 0.2) is 0 Å². The molecule has 1 saturated heterocycles. The molecule has 1 fully saturated rings. The standard InChI is InChI=1S/C23H20ClN3O2/c1-14-16-9-3-5-11-18(16)25-19(20(14)24)13-27-21(28)23(26-22(27)29)12-6-8-15-7-2-4-10-17(15)23/h2-5,7,9-11H,6,8,12-13H2,1H3,(H,26,29)/t23-/m1/s1. The van der Waals surface area contributed by atoms with Gasteiger partial charge in [-0.3, -0.25) is 9.69 Å². The molecule has 2 heterocycles. The van der Waals surface area contributed by atoms with Gasteiger partial charge >= 0.3 is 6.03 Å². The van der Waals surface area contributed by atoms with Crippen molar-refractivity contribution in [2.75, 3.05) is 0 Å². The molecule has 146 valence electrons. The Kier molecular flexibility index (Phi) is 4.10. The van der Waals surface area contributed by atoms with Crippen LogP contribution in [0.2, 0.25) is 5.02 Å². The van der Waals surface area contributed by atoms with Crippen LogP contribution in [0.25, 0.3) is 10.9 Å². The summed E-state index contributed by atoms with van der Waals surface area (Å²) in [5.41, 5.74) is 3.27. The van der Waals surface area contributed by atoms with Crippen molar-refractivity contribution in [3.05, 3.63) is 75.9 Å². The number of pyridine rings is 1. The number of rotatable bonds is 2. The summed E-state index contributed by atoms with van der Waals surface area (Å²) in [6, 6.07) is 15.2. The summed E-state index contributed by atoms with van der Waals surface area (Å²) in [5, 5.41) is 4.45. The van der Waals surface area contributed by atoms with Crippen molar-refractivity contribution in [1.82, 2.24) is 15.2 Å². The zero-order valence-electron chi connectivity index (χ0n) is 16.0. The van der Waals surface area contributed by atoms with Crippen LogP contribution >= 0.6 is 11.6 Å². The Hall–Kier alpha value is -2.92. The second-order valence-electron chi connectivity index (χ2n) is 7.75. The molecule has 0 unspecified atom stereocenters. The Bertz CT molecular complexity index is 1180. The molecule has 1 spiro atoms. The zero-order valence-corrected chi connectivity index (χ0v) is 16.8. The van der Waals surface area contributed by atoms with Gasteiger partial charge in [-0.05, 0) is 48.9 Å². The minimum absolute atomic E-state index is 0.0547. The SMILES string of the molecule is Cc1c(Cl)c(CN2C(=O)N[C@@]3(CCCc4ccccc43)C2=O)nc2ccccc12. The largest absolute Gasteiger partial charge is 0.325 e. The lowest BCUT2D eigenvalue weighted by Gasteiger charge is -2.33. The van der Waals surface area contributed by atoms with Gasteiger partial charge in [0, 0.05) is 5.39 Å². The number of urea groups is 1. The Balaban J connectivity index is 1.55. The van der Waals surface area contributed by atoms with Gasteiger partial charge in [0.05, 0.1) is 22.8 Å². The van der Waals surface area contributed by atoms with Crippen LogP contribution in [0.15, 0.2) is 48.5 Å². The topological polar surface area (TPSA) is 62.3 Å². The molecule has 2 aliphatic rings. The van der Waals surface area contributed by atoms with Gasteiger partial charge in [0.1, 0.15) is 5.54 Å². The highest BCUT2D eigenvalue weighted by atomic mass is 35.5. The maximum atomic E-state index is 13.5. The quantitative estimate of drug-likeness (QED) is 0.639. The van der Waals surface area contributed by atoms with E-state index >= 15 is 0 Å². The summed E-state index contributed by atoms with van der Waals surface area (Å²) in [6.45, 7) is 1.99. The number of aryl methyl sites for hydroxylation is 2. The molecule has 1 aromatic heterocycles. The summed E-state index contributed by atoms with van der Waals surface area (Å²) in [5.74, 6) is -0.224. The first-order valence-corrected chi connectivity index (χ1v) is 10.2. The first-order valence-electron chi connectivity index (χ1n) is 9.77. The number of carbonyl (C=O) groups excluding carboxylic acids is 2. The molecule has 2 aromatic carbocycles. The molecule has 0 bridgehead atoms. The van der Waals surface area contributed by atoms with Crippen molar-refractivity contribution < 1.29 is 9.59 Å². The summed E-state index contributed by atoms with van der Waals surface area (Å²) in [4.78, 5) is 32.2. The van der Waals surface area contributed by atoms with Crippen molar-refractivity contribution in [1.29, 1.82) is 0 Å². The molecule has 29 heavy (non-hydrogen) atoms. The highest BCUT2D eigenvalue weighted by Gasteiger charge is 2.54. The van der Waals surface area contributed by atoms with Crippen LogP contribution in [0, 0.1) is 6.92 Å². The minimum atomic E-state index is -0.982. The number of hydrogen-bond acceptors (Lipinski definition) is 3. The van der Waals surface area contributed by atoms with Gasteiger partial charge < -0.3 is 5.32 Å². The molecule has 5 rings (SSSR count). The molecular formula is C23H20ClN3O2. The highest BCUT2D eigenvalue weighted by Crippen LogP contribution is 2.40. The average Bonchev–Trinajstić information content (AvgIpc) is 2.97. The summed E-state index contributed by atoms with van der Waals surface area (Å²) in [7, 11) is 0. The van der Waals surface area contributed by atoms with E-state index in [4.69, 9.17) is 11.6 Å². The van der Waals surface area contributed by atoms with Crippen molar-refractivity contribution >= 4 is 34.4 Å². The van der Waals surface area contributed by atoms with E-state index < -0.39 is 11.6 Å². The molecule has 3 amide bonds. The second-order valence-corrected chi connectivity index (χ2v) is 8.13. The smallest absolute Gasteiger partial charge is 0.319 e.